The first-order valence-electron chi connectivity index (χ1n) is 7.55. The van der Waals surface area contributed by atoms with E-state index in [-0.39, 0.29) is 11.2 Å². The van der Waals surface area contributed by atoms with E-state index < -0.39 is 0 Å². The second-order valence-electron chi connectivity index (χ2n) is 5.22. The molecule has 3 aromatic carbocycles. The first-order chi connectivity index (χ1) is 11.7. The summed E-state index contributed by atoms with van der Waals surface area (Å²) < 4.78 is 0. The van der Waals surface area contributed by atoms with Crippen molar-refractivity contribution >= 4 is 35.0 Å². The zero-order valence-electron chi connectivity index (χ0n) is 12.9. The molecule has 0 heterocycles. The van der Waals surface area contributed by atoms with E-state index in [2.05, 4.69) is 5.32 Å². The molecule has 1 atom stereocenters. The zero-order valence-corrected chi connectivity index (χ0v) is 14.4. The van der Waals surface area contributed by atoms with Crippen molar-refractivity contribution in [2.45, 2.75) is 10.1 Å². The first-order valence-corrected chi connectivity index (χ1v) is 8.81. The number of amides is 1. The summed E-state index contributed by atoms with van der Waals surface area (Å²) in [5.74, 6) is -0.0580. The van der Waals surface area contributed by atoms with Crippen LogP contribution in [0.3, 0.4) is 0 Å². The number of hydrogen-bond donors (Lipinski definition) is 1. The average Bonchev–Trinajstić information content (AvgIpc) is 2.63. The Hall–Kier alpha value is -2.23. The molecular formula is C20H16ClNOS. The molecule has 1 N–H and O–H groups in total. The normalized spacial score (nSPS) is 11.7. The number of benzene rings is 3. The fourth-order valence-corrected chi connectivity index (χ4v) is 3.45. The predicted molar refractivity (Wildman–Crippen MR) is 102 cm³/mol. The minimum absolute atomic E-state index is 0.0580. The Bertz CT molecular complexity index is 791. The fourth-order valence-electron chi connectivity index (χ4n) is 2.28. The summed E-state index contributed by atoms with van der Waals surface area (Å²) in [5, 5.41) is 3.28. The molecule has 0 aliphatic rings. The lowest BCUT2D eigenvalue weighted by Crippen LogP contribution is -2.18. The van der Waals surface area contributed by atoms with Gasteiger partial charge in [0.25, 0.3) is 0 Å². The van der Waals surface area contributed by atoms with Crippen molar-refractivity contribution in [2.75, 3.05) is 5.32 Å². The van der Waals surface area contributed by atoms with Crippen LogP contribution < -0.4 is 5.32 Å². The van der Waals surface area contributed by atoms with E-state index in [1.165, 1.54) is 11.8 Å². The molecule has 0 aliphatic heterocycles. The van der Waals surface area contributed by atoms with Crippen molar-refractivity contribution in [1.82, 2.24) is 0 Å². The standard InChI is InChI=1S/C20H16ClNOS/c21-16-11-13-17(14-12-16)22-20(23)19(15-7-3-1-4-8-15)24-18-9-5-2-6-10-18/h1-14,19H,(H,22,23)/t19-/m1/s1. The molecule has 0 unspecified atom stereocenters. The topological polar surface area (TPSA) is 29.1 Å². The Morgan fingerprint density at radius 2 is 1.42 bits per heavy atom. The lowest BCUT2D eigenvalue weighted by molar-refractivity contribution is -0.115. The minimum atomic E-state index is -0.329. The van der Waals surface area contributed by atoms with Crippen LogP contribution >= 0.6 is 23.4 Å². The summed E-state index contributed by atoms with van der Waals surface area (Å²) in [7, 11) is 0. The maximum absolute atomic E-state index is 12.8. The van der Waals surface area contributed by atoms with Crippen molar-refractivity contribution < 1.29 is 4.79 Å². The number of carbonyl (C=O) groups is 1. The maximum Gasteiger partial charge on any atom is 0.242 e. The Balaban J connectivity index is 1.83. The van der Waals surface area contributed by atoms with E-state index in [0.29, 0.717) is 5.02 Å². The Morgan fingerprint density at radius 1 is 0.833 bits per heavy atom. The summed E-state index contributed by atoms with van der Waals surface area (Å²) in [6, 6.07) is 26.9. The third-order valence-corrected chi connectivity index (χ3v) is 4.97. The number of anilines is 1. The van der Waals surface area contributed by atoms with Crippen molar-refractivity contribution in [3.63, 3.8) is 0 Å². The molecular weight excluding hydrogens is 338 g/mol. The smallest absolute Gasteiger partial charge is 0.242 e. The third kappa shape index (κ3) is 4.40. The van der Waals surface area contributed by atoms with Gasteiger partial charge in [0, 0.05) is 15.6 Å². The predicted octanol–water partition coefficient (Wildman–Crippen LogP) is 5.81. The maximum atomic E-state index is 12.8. The highest BCUT2D eigenvalue weighted by Crippen LogP contribution is 2.36. The SMILES string of the molecule is O=C(Nc1ccc(Cl)cc1)[C@H](Sc1ccccc1)c1ccccc1. The fraction of sp³-hybridized carbons (Fsp3) is 0.0500. The van der Waals surface area contributed by atoms with E-state index in [9.17, 15) is 4.79 Å². The molecule has 1 amide bonds. The lowest BCUT2D eigenvalue weighted by Gasteiger charge is -2.17. The zero-order chi connectivity index (χ0) is 16.8. The van der Waals surface area contributed by atoms with Gasteiger partial charge < -0.3 is 5.32 Å². The van der Waals surface area contributed by atoms with Crippen LogP contribution in [-0.4, -0.2) is 5.91 Å². The van der Waals surface area contributed by atoms with Gasteiger partial charge in [-0.3, -0.25) is 4.79 Å². The van der Waals surface area contributed by atoms with Crippen LogP contribution in [0.25, 0.3) is 0 Å². The van der Waals surface area contributed by atoms with E-state index in [1.54, 1.807) is 24.3 Å². The van der Waals surface area contributed by atoms with Crippen molar-refractivity contribution in [3.8, 4) is 0 Å². The molecule has 4 heteroatoms. The van der Waals surface area contributed by atoms with Crippen molar-refractivity contribution in [3.05, 3.63) is 95.5 Å². The highest BCUT2D eigenvalue weighted by atomic mass is 35.5. The number of thioether (sulfide) groups is 1. The van der Waals surface area contributed by atoms with Gasteiger partial charge in [-0.2, -0.15) is 0 Å². The van der Waals surface area contributed by atoms with E-state index in [1.807, 2.05) is 60.7 Å². The molecule has 120 valence electrons. The average molecular weight is 354 g/mol. The molecule has 0 fully saturated rings. The van der Waals surface area contributed by atoms with Crippen LogP contribution in [0.2, 0.25) is 5.02 Å². The number of halogens is 1. The molecule has 24 heavy (non-hydrogen) atoms. The van der Waals surface area contributed by atoms with Gasteiger partial charge in [-0.1, -0.05) is 60.1 Å². The molecule has 0 saturated heterocycles. The van der Waals surface area contributed by atoms with Crippen LogP contribution in [0.1, 0.15) is 10.8 Å². The minimum Gasteiger partial charge on any atom is -0.325 e. The molecule has 3 aromatic rings. The van der Waals surface area contributed by atoms with E-state index >= 15 is 0 Å². The van der Waals surface area contributed by atoms with Gasteiger partial charge in [-0.05, 0) is 42.0 Å². The van der Waals surface area contributed by atoms with Gasteiger partial charge >= 0.3 is 0 Å². The molecule has 0 saturated carbocycles. The van der Waals surface area contributed by atoms with Crippen LogP contribution in [0, 0.1) is 0 Å². The summed E-state index contributed by atoms with van der Waals surface area (Å²) in [6.45, 7) is 0. The number of nitrogens with one attached hydrogen (secondary N) is 1. The molecule has 2 nitrogen and oxygen atoms in total. The highest BCUT2D eigenvalue weighted by Gasteiger charge is 2.22. The van der Waals surface area contributed by atoms with Gasteiger partial charge in [0.1, 0.15) is 5.25 Å². The summed E-state index contributed by atoms with van der Waals surface area (Å²) in [5.41, 5.74) is 1.71. The molecule has 0 bridgehead atoms. The van der Waals surface area contributed by atoms with E-state index in [4.69, 9.17) is 11.6 Å². The number of hydrogen-bond acceptors (Lipinski definition) is 2. The van der Waals surface area contributed by atoms with Gasteiger partial charge in [0.05, 0.1) is 0 Å². The van der Waals surface area contributed by atoms with Gasteiger partial charge in [0.15, 0.2) is 0 Å². The molecule has 0 radical (unpaired) electrons. The second kappa shape index (κ2) is 8.04. The lowest BCUT2D eigenvalue weighted by atomic mass is 10.1. The Morgan fingerprint density at radius 3 is 2.04 bits per heavy atom. The van der Waals surface area contributed by atoms with Gasteiger partial charge in [0.2, 0.25) is 5.91 Å². The highest BCUT2D eigenvalue weighted by molar-refractivity contribution is 8.00. The van der Waals surface area contributed by atoms with E-state index in [0.717, 1.165) is 16.1 Å². The Labute approximate surface area is 150 Å². The van der Waals surface area contributed by atoms with Crippen LogP contribution in [0.4, 0.5) is 5.69 Å². The Kier molecular flexibility index (Phi) is 5.57. The first kappa shape index (κ1) is 16.6. The summed E-state index contributed by atoms with van der Waals surface area (Å²) in [4.78, 5) is 13.9. The summed E-state index contributed by atoms with van der Waals surface area (Å²) >= 11 is 7.43. The summed E-state index contributed by atoms with van der Waals surface area (Å²) in [6.07, 6.45) is 0. The van der Waals surface area contributed by atoms with Crippen LogP contribution in [-0.2, 0) is 4.79 Å². The number of rotatable bonds is 5. The number of carbonyl (C=O) groups excluding carboxylic acids is 1. The van der Waals surface area contributed by atoms with Gasteiger partial charge in [-0.15, -0.1) is 11.8 Å². The van der Waals surface area contributed by atoms with Crippen molar-refractivity contribution in [2.24, 2.45) is 0 Å². The monoisotopic (exact) mass is 353 g/mol. The van der Waals surface area contributed by atoms with Crippen LogP contribution in [0.5, 0.6) is 0 Å². The quantitative estimate of drug-likeness (QED) is 0.586. The molecule has 0 aliphatic carbocycles. The molecule has 0 aromatic heterocycles. The van der Waals surface area contributed by atoms with Gasteiger partial charge in [-0.25, -0.2) is 0 Å². The molecule has 3 rings (SSSR count). The van der Waals surface area contributed by atoms with Crippen molar-refractivity contribution in [1.29, 1.82) is 0 Å². The molecule has 0 spiro atoms. The van der Waals surface area contributed by atoms with Crippen LogP contribution in [0.15, 0.2) is 89.8 Å². The largest absolute Gasteiger partial charge is 0.325 e. The third-order valence-electron chi connectivity index (χ3n) is 3.45. The second-order valence-corrected chi connectivity index (χ2v) is 6.83.